The summed E-state index contributed by atoms with van der Waals surface area (Å²) in [7, 11) is 0. The van der Waals surface area contributed by atoms with Gasteiger partial charge < -0.3 is 15.0 Å². The number of aromatic nitrogens is 1. The van der Waals surface area contributed by atoms with Crippen LogP contribution in [0.5, 0.6) is 0 Å². The van der Waals surface area contributed by atoms with E-state index >= 15 is 0 Å². The largest absolute Gasteiger partial charge is 0.461 e. The molecule has 1 saturated heterocycles. The summed E-state index contributed by atoms with van der Waals surface area (Å²) >= 11 is 1.40. The summed E-state index contributed by atoms with van der Waals surface area (Å²) in [6, 6.07) is -0.202. The van der Waals surface area contributed by atoms with Gasteiger partial charge in [0.25, 0.3) is 0 Å². The molecule has 0 aliphatic carbocycles. The van der Waals surface area contributed by atoms with Crippen LogP contribution in [0.1, 0.15) is 47.9 Å². The Hall–Kier alpha value is -1.47. The third-order valence-corrected chi connectivity index (χ3v) is 4.91. The molecule has 0 aromatic carbocycles. The highest BCUT2D eigenvalue weighted by Gasteiger charge is 2.23. The monoisotopic (exact) mass is 325 g/mol. The summed E-state index contributed by atoms with van der Waals surface area (Å²) in [4.78, 5) is 27.8. The van der Waals surface area contributed by atoms with Crippen molar-refractivity contribution in [2.45, 2.75) is 51.0 Å². The maximum atomic E-state index is 11.9. The van der Waals surface area contributed by atoms with Crippen LogP contribution in [0.4, 0.5) is 0 Å². The minimum absolute atomic E-state index is 0.0430. The average molecular weight is 325 g/mol. The molecule has 1 fully saturated rings. The summed E-state index contributed by atoms with van der Waals surface area (Å²) in [5, 5.41) is 2.90. The molecule has 3 N–H and O–H groups in total. The van der Waals surface area contributed by atoms with Gasteiger partial charge in [0, 0.05) is 17.1 Å². The fourth-order valence-electron chi connectivity index (χ4n) is 2.48. The van der Waals surface area contributed by atoms with E-state index in [1.54, 1.807) is 6.92 Å². The maximum Gasteiger partial charge on any atom is 0.355 e. The zero-order valence-corrected chi connectivity index (χ0v) is 14.1. The molecule has 0 saturated carbocycles. The first-order valence-corrected chi connectivity index (χ1v) is 8.42. The Labute approximate surface area is 134 Å². The van der Waals surface area contributed by atoms with Crippen molar-refractivity contribution in [1.29, 1.82) is 0 Å². The zero-order chi connectivity index (χ0) is 16.1. The molecule has 2 rings (SSSR count). The molecule has 0 radical (unpaired) electrons. The van der Waals surface area contributed by atoms with Crippen molar-refractivity contribution >= 4 is 23.8 Å². The Morgan fingerprint density at radius 2 is 2.18 bits per heavy atom. The van der Waals surface area contributed by atoms with Crippen LogP contribution in [0, 0.1) is 13.8 Å². The van der Waals surface area contributed by atoms with Gasteiger partial charge >= 0.3 is 5.97 Å². The predicted octanol–water partition coefficient (Wildman–Crippen LogP) is 2.07. The second-order valence-corrected chi connectivity index (χ2v) is 6.21. The molecule has 1 atom stereocenters. The van der Waals surface area contributed by atoms with E-state index in [9.17, 15) is 9.59 Å². The molecule has 2 heterocycles. The molecule has 1 aromatic rings. The summed E-state index contributed by atoms with van der Waals surface area (Å²) in [5.74, 6) is -0.302. The van der Waals surface area contributed by atoms with Crippen molar-refractivity contribution in [2.24, 2.45) is 0 Å². The molecule has 122 valence electrons. The van der Waals surface area contributed by atoms with Crippen LogP contribution in [-0.2, 0) is 9.53 Å². The van der Waals surface area contributed by atoms with Crippen molar-refractivity contribution < 1.29 is 14.3 Å². The van der Waals surface area contributed by atoms with E-state index in [1.807, 2.05) is 13.8 Å². The number of amides is 1. The number of aromatic amines is 1. The topological polar surface area (TPSA) is 83.2 Å². The third kappa shape index (κ3) is 3.84. The van der Waals surface area contributed by atoms with Gasteiger partial charge in [0.05, 0.1) is 12.6 Å². The molecule has 0 spiro atoms. The molecule has 7 heteroatoms. The Bertz CT molecular complexity index is 556. The highest BCUT2D eigenvalue weighted by atomic mass is 32.2. The third-order valence-electron chi connectivity index (χ3n) is 3.69. The first-order valence-electron chi connectivity index (χ1n) is 7.61. The number of nitrogens with one attached hydrogen (secondary N) is 3. The number of rotatable bonds is 5. The lowest BCUT2D eigenvalue weighted by Crippen LogP contribution is -2.39. The Kier molecular flexibility index (Phi) is 5.90. The van der Waals surface area contributed by atoms with Crippen LogP contribution in [0.2, 0.25) is 0 Å². The van der Waals surface area contributed by atoms with E-state index in [0.717, 1.165) is 42.0 Å². The standard InChI is InChI=1S/C15H23N3O3S/c1-4-21-15(20)12-9(2)13(10(3)17-12)22-18-11-7-5-6-8-16-14(11)19/h11,17-18H,4-8H2,1-3H3,(H,16,19). The smallest absolute Gasteiger partial charge is 0.355 e. The second kappa shape index (κ2) is 7.69. The van der Waals surface area contributed by atoms with Gasteiger partial charge in [-0.25, -0.2) is 9.52 Å². The Balaban J connectivity index is 2.06. The number of carbonyl (C=O) groups is 2. The second-order valence-electron chi connectivity index (χ2n) is 5.36. The molecule has 1 aliphatic heterocycles. The van der Waals surface area contributed by atoms with Gasteiger partial charge in [-0.1, -0.05) is 0 Å². The fraction of sp³-hybridized carbons (Fsp3) is 0.600. The molecule has 1 unspecified atom stereocenters. The highest BCUT2D eigenvalue weighted by Crippen LogP contribution is 2.28. The van der Waals surface area contributed by atoms with Gasteiger partial charge in [-0.05, 0) is 57.5 Å². The van der Waals surface area contributed by atoms with E-state index in [2.05, 4.69) is 15.0 Å². The highest BCUT2D eigenvalue weighted by molar-refractivity contribution is 7.97. The van der Waals surface area contributed by atoms with Crippen molar-refractivity contribution in [1.82, 2.24) is 15.0 Å². The molecular weight excluding hydrogens is 302 g/mol. The molecular formula is C15H23N3O3S. The lowest BCUT2D eigenvalue weighted by Gasteiger charge is -2.14. The first kappa shape index (κ1) is 16.9. The number of esters is 1. The SMILES string of the molecule is CCOC(=O)c1[nH]c(C)c(SNC2CCCCNC2=O)c1C. The van der Waals surface area contributed by atoms with E-state index in [-0.39, 0.29) is 17.9 Å². The van der Waals surface area contributed by atoms with E-state index in [1.165, 1.54) is 11.9 Å². The number of aryl methyl sites for hydroxylation is 1. The van der Waals surface area contributed by atoms with E-state index in [4.69, 9.17) is 4.74 Å². The number of hydrogen-bond acceptors (Lipinski definition) is 5. The molecule has 1 aliphatic rings. The first-order chi connectivity index (χ1) is 10.5. The van der Waals surface area contributed by atoms with Crippen molar-refractivity contribution in [2.75, 3.05) is 13.2 Å². The minimum Gasteiger partial charge on any atom is -0.461 e. The summed E-state index contributed by atoms with van der Waals surface area (Å²) < 4.78 is 8.27. The molecule has 1 aromatic heterocycles. The van der Waals surface area contributed by atoms with Gasteiger partial charge in [0.1, 0.15) is 5.69 Å². The van der Waals surface area contributed by atoms with Crippen LogP contribution in [-0.4, -0.2) is 36.1 Å². The molecule has 22 heavy (non-hydrogen) atoms. The molecule has 1 amide bonds. The van der Waals surface area contributed by atoms with Crippen LogP contribution in [0.25, 0.3) is 0 Å². The summed E-state index contributed by atoms with van der Waals surface area (Å²) in [5.41, 5.74) is 2.23. The molecule has 6 nitrogen and oxygen atoms in total. The van der Waals surface area contributed by atoms with Gasteiger partial charge in [0.15, 0.2) is 0 Å². The molecule has 0 bridgehead atoms. The fourth-order valence-corrected chi connectivity index (χ4v) is 3.42. The number of carbonyl (C=O) groups excluding carboxylic acids is 2. The number of hydrogen-bond donors (Lipinski definition) is 3. The van der Waals surface area contributed by atoms with Gasteiger partial charge in [0.2, 0.25) is 5.91 Å². The van der Waals surface area contributed by atoms with Crippen molar-refractivity contribution in [3.63, 3.8) is 0 Å². The van der Waals surface area contributed by atoms with Crippen LogP contribution in [0.15, 0.2) is 4.90 Å². The van der Waals surface area contributed by atoms with Crippen molar-refractivity contribution in [3.8, 4) is 0 Å². The van der Waals surface area contributed by atoms with Crippen LogP contribution >= 0.6 is 11.9 Å². The summed E-state index contributed by atoms with van der Waals surface area (Å²) in [6.07, 6.45) is 2.87. The van der Waals surface area contributed by atoms with Crippen molar-refractivity contribution in [3.05, 3.63) is 17.0 Å². The van der Waals surface area contributed by atoms with Gasteiger partial charge in [-0.2, -0.15) is 0 Å². The lowest BCUT2D eigenvalue weighted by atomic mass is 10.1. The minimum atomic E-state index is -0.345. The van der Waals surface area contributed by atoms with E-state index < -0.39 is 0 Å². The number of ether oxygens (including phenoxy) is 1. The normalized spacial score (nSPS) is 18.7. The van der Waals surface area contributed by atoms with Crippen LogP contribution < -0.4 is 10.0 Å². The quantitative estimate of drug-likeness (QED) is 0.570. The Morgan fingerprint density at radius 1 is 1.41 bits per heavy atom. The average Bonchev–Trinajstić information content (AvgIpc) is 2.64. The lowest BCUT2D eigenvalue weighted by molar-refractivity contribution is -0.122. The van der Waals surface area contributed by atoms with Crippen LogP contribution in [0.3, 0.4) is 0 Å². The zero-order valence-electron chi connectivity index (χ0n) is 13.2. The predicted molar refractivity (Wildman–Crippen MR) is 85.9 cm³/mol. The summed E-state index contributed by atoms with van der Waals surface area (Å²) in [6.45, 7) is 6.67. The van der Waals surface area contributed by atoms with E-state index in [0.29, 0.717) is 12.3 Å². The van der Waals surface area contributed by atoms with Gasteiger partial charge in [-0.3, -0.25) is 4.79 Å². The maximum absolute atomic E-state index is 11.9. The Morgan fingerprint density at radius 3 is 2.91 bits per heavy atom. The van der Waals surface area contributed by atoms with Gasteiger partial charge in [-0.15, -0.1) is 0 Å². The number of H-pyrrole nitrogens is 1.